The first-order valence-electron chi connectivity index (χ1n) is 20.2. The van der Waals surface area contributed by atoms with Gasteiger partial charge in [0.05, 0.1) is 16.0 Å². The molecule has 6 heteroatoms. The van der Waals surface area contributed by atoms with Crippen LogP contribution in [0, 0.1) is 25.7 Å². The van der Waals surface area contributed by atoms with Gasteiger partial charge in [-0.05, 0) is 91.8 Å². The van der Waals surface area contributed by atoms with Crippen LogP contribution in [-0.2, 0) is 12.8 Å². The van der Waals surface area contributed by atoms with Gasteiger partial charge in [0.25, 0.3) is 11.8 Å². The van der Waals surface area contributed by atoms with Gasteiger partial charge in [-0.1, -0.05) is 118 Å². The van der Waals surface area contributed by atoms with Crippen LogP contribution in [-0.4, -0.2) is 23.3 Å². The number of thiophene rings is 3. The predicted molar refractivity (Wildman–Crippen MR) is 222 cm³/mol. The molecule has 0 radical (unpaired) electrons. The average Bonchev–Trinajstić information content (AvgIpc) is 3.86. The molecule has 0 fully saturated rings. The molecule has 3 aromatic heterocycles. The Morgan fingerprint density at radius 1 is 0.600 bits per heavy atom. The molecule has 2 amide bonds. The first-order chi connectivity index (χ1) is 24.3. The Morgan fingerprint density at radius 2 is 1.14 bits per heavy atom. The summed E-state index contributed by atoms with van der Waals surface area (Å²) in [6, 6.07) is 4.89. The number of benzene rings is 1. The van der Waals surface area contributed by atoms with Crippen molar-refractivity contribution in [2.75, 3.05) is 6.54 Å². The molecule has 5 rings (SSSR count). The van der Waals surface area contributed by atoms with Crippen molar-refractivity contribution in [1.82, 2.24) is 4.90 Å². The molecule has 1 aliphatic heterocycles. The maximum atomic E-state index is 14.0. The van der Waals surface area contributed by atoms with E-state index in [2.05, 4.69) is 53.7 Å². The molecule has 0 saturated carbocycles. The van der Waals surface area contributed by atoms with Gasteiger partial charge in [0.15, 0.2) is 0 Å². The van der Waals surface area contributed by atoms with Gasteiger partial charge in [0, 0.05) is 30.6 Å². The van der Waals surface area contributed by atoms with E-state index in [1.165, 1.54) is 131 Å². The van der Waals surface area contributed by atoms with Crippen LogP contribution in [0.2, 0.25) is 0 Å². The number of unbranched alkanes of at least 4 members (excludes halogenated alkanes) is 7. The number of amides is 2. The van der Waals surface area contributed by atoms with E-state index >= 15 is 0 Å². The average molecular weight is 734 g/mol. The summed E-state index contributed by atoms with van der Waals surface area (Å²) in [6.45, 7) is 16.4. The molecule has 0 N–H and O–H groups in total. The summed E-state index contributed by atoms with van der Waals surface area (Å²) in [5, 5.41) is 2.88. The lowest BCUT2D eigenvalue weighted by Gasteiger charge is -2.18. The summed E-state index contributed by atoms with van der Waals surface area (Å²) in [4.78, 5) is 33.9. The molecule has 0 bridgehead atoms. The summed E-state index contributed by atoms with van der Waals surface area (Å²) in [5.41, 5.74) is 4.37. The number of carbonyl (C=O) groups is 2. The van der Waals surface area contributed by atoms with E-state index in [0.717, 1.165) is 47.3 Å². The van der Waals surface area contributed by atoms with Crippen molar-refractivity contribution in [3.63, 3.8) is 0 Å². The monoisotopic (exact) mass is 733 g/mol. The Morgan fingerprint density at radius 3 is 1.74 bits per heavy atom. The molecule has 0 spiro atoms. The Kier molecular flexibility index (Phi) is 14.6. The molecule has 2 unspecified atom stereocenters. The maximum Gasteiger partial charge on any atom is 0.263 e. The molecule has 4 aromatic rings. The van der Waals surface area contributed by atoms with Crippen molar-refractivity contribution in [1.29, 1.82) is 0 Å². The van der Waals surface area contributed by atoms with Crippen LogP contribution >= 0.6 is 34.0 Å². The molecule has 1 aliphatic rings. The highest BCUT2D eigenvalue weighted by Gasteiger charge is 2.41. The van der Waals surface area contributed by atoms with Crippen molar-refractivity contribution in [3.8, 4) is 9.75 Å². The number of carbonyl (C=O) groups excluding carboxylic acids is 2. The van der Waals surface area contributed by atoms with Gasteiger partial charge < -0.3 is 0 Å². The Balaban J connectivity index is 1.56. The number of fused-ring (bicyclic) bond motifs is 3. The minimum atomic E-state index is -0.0765. The largest absolute Gasteiger partial charge is 0.274 e. The fraction of sp³-hybridized carbons (Fsp3) is 0.636. The third kappa shape index (κ3) is 8.60. The van der Waals surface area contributed by atoms with Crippen molar-refractivity contribution < 1.29 is 9.59 Å². The summed E-state index contributed by atoms with van der Waals surface area (Å²) in [5.74, 6) is 1.36. The normalized spacial score (nSPS) is 14.5. The Hall–Kier alpha value is -2.02. The third-order valence-electron chi connectivity index (χ3n) is 11.4. The summed E-state index contributed by atoms with van der Waals surface area (Å²) in [6.07, 6.45) is 21.8. The Bertz CT molecular complexity index is 1660. The number of imide groups is 1. The van der Waals surface area contributed by atoms with E-state index in [1.807, 2.05) is 29.6 Å². The lowest BCUT2D eigenvalue weighted by atomic mass is 9.88. The van der Waals surface area contributed by atoms with Crippen molar-refractivity contribution >= 4 is 66.0 Å². The summed E-state index contributed by atoms with van der Waals surface area (Å²) < 4.78 is 2.91. The van der Waals surface area contributed by atoms with E-state index in [4.69, 9.17) is 0 Å². The lowest BCUT2D eigenvalue weighted by molar-refractivity contribution is 0.0651. The highest BCUT2D eigenvalue weighted by Crippen LogP contribution is 2.49. The minimum absolute atomic E-state index is 0.0733. The van der Waals surface area contributed by atoms with Crippen LogP contribution in [0.15, 0.2) is 12.1 Å². The van der Waals surface area contributed by atoms with Gasteiger partial charge in [-0.25, -0.2) is 0 Å². The highest BCUT2D eigenvalue weighted by atomic mass is 32.1. The SMILES string of the molecule is CCCCCCCCN1C(=O)c2c(C)sc(-c3cc4c(CCC(CC)CCCC)c5sc(C)cc5c(CCC(CC)CCCC)c4s3)c2C1=O. The van der Waals surface area contributed by atoms with Gasteiger partial charge in [0.1, 0.15) is 0 Å². The van der Waals surface area contributed by atoms with E-state index < -0.39 is 0 Å². The smallest absolute Gasteiger partial charge is 0.263 e. The first-order valence-corrected chi connectivity index (χ1v) is 22.7. The molecule has 1 aromatic carbocycles. The molecule has 2 atom stereocenters. The number of aryl methyl sites for hydroxylation is 4. The van der Waals surface area contributed by atoms with Crippen molar-refractivity contribution in [3.05, 3.63) is 44.1 Å². The van der Waals surface area contributed by atoms with Gasteiger partial charge in [-0.3, -0.25) is 14.5 Å². The lowest BCUT2D eigenvalue weighted by Crippen LogP contribution is -2.31. The van der Waals surface area contributed by atoms with Gasteiger partial charge >= 0.3 is 0 Å². The van der Waals surface area contributed by atoms with Crippen LogP contribution in [0.3, 0.4) is 0 Å². The second kappa shape index (κ2) is 18.6. The zero-order valence-electron chi connectivity index (χ0n) is 32.2. The first kappa shape index (κ1) is 39.2. The molecular weight excluding hydrogens is 671 g/mol. The van der Waals surface area contributed by atoms with Crippen molar-refractivity contribution in [2.45, 2.75) is 164 Å². The van der Waals surface area contributed by atoms with Crippen LogP contribution in [0.5, 0.6) is 0 Å². The molecule has 0 saturated heterocycles. The predicted octanol–water partition coefficient (Wildman–Crippen LogP) is 14.7. The molecule has 4 heterocycles. The quantitative estimate of drug-likeness (QED) is 0.0596. The van der Waals surface area contributed by atoms with Gasteiger partial charge in [0.2, 0.25) is 0 Å². The van der Waals surface area contributed by atoms with Crippen LogP contribution in [0.1, 0.15) is 179 Å². The number of rotatable bonds is 22. The highest BCUT2D eigenvalue weighted by molar-refractivity contribution is 7.27. The van der Waals surface area contributed by atoms with Crippen molar-refractivity contribution in [2.24, 2.45) is 11.8 Å². The molecule has 274 valence electrons. The maximum absolute atomic E-state index is 14.0. The summed E-state index contributed by atoms with van der Waals surface area (Å²) in [7, 11) is 0. The van der Waals surface area contributed by atoms with E-state index in [1.54, 1.807) is 16.2 Å². The standard InChI is InChI=1S/C44H63NO2S3/c1-8-13-16-17-18-19-26-45-43(46)38-30(7)49-42(39(38)44(45)47)37-28-36-34(25-23-32(12-5)21-15-10-3)40-35(27-29(6)48-40)33(41(36)50-37)24-22-31(11-4)20-14-9-2/h27-28,31-32H,8-26H2,1-7H3. The molecular formula is C44H63NO2S3. The molecule has 0 aliphatic carbocycles. The van der Waals surface area contributed by atoms with Crippen LogP contribution in [0.25, 0.3) is 29.9 Å². The number of hydrogen-bond donors (Lipinski definition) is 0. The van der Waals surface area contributed by atoms with Crippen LogP contribution in [0.4, 0.5) is 0 Å². The second-order valence-corrected chi connectivity index (χ2v) is 18.6. The van der Waals surface area contributed by atoms with E-state index in [0.29, 0.717) is 17.7 Å². The fourth-order valence-electron chi connectivity index (χ4n) is 8.24. The van der Waals surface area contributed by atoms with Gasteiger partial charge in [-0.2, -0.15) is 0 Å². The number of hydrogen-bond acceptors (Lipinski definition) is 5. The van der Waals surface area contributed by atoms with Crippen LogP contribution < -0.4 is 0 Å². The van der Waals surface area contributed by atoms with E-state index in [9.17, 15) is 9.59 Å². The minimum Gasteiger partial charge on any atom is -0.274 e. The number of nitrogens with zero attached hydrogens (tertiary/aromatic N) is 1. The zero-order chi connectivity index (χ0) is 35.8. The molecule has 50 heavy (non-hydrogen) atoms. The summed E-state index contributed by atoms with van der Waals surface area (Å²) >= 11 is 5.54. The fourth-order valence-corrected chi connectivity index (χ4v) is 11.9. The van der Waals surface area contributed by atoms with Gasteiger partial charge in [-0.15, -0.1) is 34.0 Å². The zero-order valence-corrected chi connectivity index (χ0v) is 34.7. The second-order valence-electron chi connectivity index (χ2n) is 15.1. The van der Waals surface area contributed by atoms with E-state index in [-0.39, 0.29) is 11.8 Å². The topological polar surface area (TPSA) is 37.4 Å². The third-order valence-corrected chi connectivity index (χ3v) is 15.0. The Labute approximate surface area is 315 Å². The molecule has 3 nitrogen and oxygen atoms in total.